The van der Waals surface area contributed by atoms with Crippen LogP contribution in [0.5, 0.6) is 5.75 Å². The zero-order chi connectivity index (χ0) is 16.7. The molecule has 0 spiro atoms. The lowest BCUT2D eigenvalue weighted by atomic mass is 10.1. The Hall–Kier alpha value is -2.34. The topological polar surface area (TPSA) is 70.7 Å². The molecule has 2 rings (SSSR count). The molecule has 0 bridgehead atoms. The average Bonchev–Trinajstić information content (AvgIpc) is 2.56. The van der Waals surface area contributed by atoms with Gasteiger partial charge in [0.05, 0.1) is 6.54 Å². The van der Waals surface area contributed by atoms with E-state index < -0.39 is 0 Å². The Morgan fingerprint density at radius 3 is 2.52 bits per heavy atom. The summed E-state index contributed by atoms with van der Waals surface area (Å²) in [7, 11) is 0. The molecular formula is C17H23N3O3. The van der Waals surface area contributed by atoms with Gasteiger partial charge in [-0.15, -0.1) is 0 Å². The van der Waals surface area contributed by atoms with E-state index in [-0.39, 0.29) is 24.1 Å². The number of hydrogen-bond acceptors (Lipinski definition) is 4. The number of piperazine rings is 1. The molecule has 23 heavy (non-hydrogen) atoms. The number of hydrogen-bond donors (Lipinski definition) is 2. The van der Waals surface area contributed by atoms with Crippen molar-refractivity contribution in [2.75, 3.05) is 32.8 Å². The van der Waals surface area contributed by atoms with Gasteiger partial charge in [-0.3, -0.25) is 9.59 Å². The van der Waals surface area contributed by atoms with E-state index in [9.17, 15) is 9.59 Å². The molecule has 1 aliphatic rings. The number of nitrogens with one attached hydrogen (secondary N) is 2. The lowest BCUT2D eigenvalue weighted by Crippen LogP contribution is -2.46. The monoisotopic (exact) mass is 317 g/mol. The molecule has 0 saturated carbocycles. The van der Waals surface area contributed by atoms with E-state index in [1.165, 1.54) is 0 Å². The van der Waals surface area contributed by atoms with Crippen LogP contribution in [0.2, 0.25) is 0 Å². The van der Waals surface area contributed by atoms with E-state index in [1.807, 2.05) is 24.3 Å². The van der Waals surface area contributed by atoms with Gasteiger partial charge < -0.3 is 20.3 Å². The highest BCUT2D eigenvalue weighted by Crippen LogP contribution is 2.14. The fraction of sp³-hybridized carbons (Fsp3) is 0.412. The molecule has 0 atom stereocenters. The Morgan fingerprint density at radius 1 is 1.17 bits per heavy atom. The molecule has 124 valence electrons. The molecule has 1 saturated heterocycles. The largest absolute Gasteiger partial charge is 0.492 e. The highest BCUT2D eigenvalue weighted by molar-refractivity contribution is 6.05. The SMILES string of the molecule is CCN(CC)CCOc1ccc(C=C2NC(=O)CNC2=O)cc1. The minimum atomic E-state index is -0.274. The second-order valence-corrected chi connectivity index (χ2v) is 5.23. The Balaban J connectivity index is 1.91. The maximum Gasteiger partial charge on any atom is 0.268 e. The summed E-state index contributed by atoms with van der Waals surface area (Å²) in [4.78, 5) is 25.2. The smallest absolute Gasteiger partial charge is 0.268 e. The van der Waals surface area contributed by atoms with E-state index in [2.05, 4.69) is 29.4 Å². The van der Waals surface area contributed by atoms with E-state index in [0.29, 0.717) is 6.61 Å². The van der Waals surface area contributed by atoms with Crippen molar-refractivity contribution in [1.82, 2.24) is 15.5 Å². The van der Waals surface area contributed by atoms with Crippen molar-refractivity contribution in [3.63, 3.8) is 0 Å². The molecule has 1 aromatic rings. The van der Waals surface area contributed by atoms with E-state index >= 15 is 0 Å². The van der Waals surface area contributed by atoms with Gasteiger partial charge in [-0.1, -0.05) is 26.0 Å². The first-order valence-corrected chi connectivity index (χ1v) is 7.87. The van der Waals surface area contributed by atoms with Crippen molar-refractivity contribution >= 4 is 17.9 Å². The number of likely N-dealkylation sites (N-methyl/N-ethyl adjacent to an activating group) is 1. The van der Waals surface area contributed by atoms with Crippen LogP contribution in [0.25, 0.3) is 6.08 Å². The third-order valence-corrected chi connectivity index (χ3v) is 3.69. The van der Waals surface area contributed by atoms with Crippen LogP contribution in [-0.4, -0.2) is 49.5 Å². The summed E-state index contributed by atoms with van der Waals surface area (Å²) >= 11 is 0. The van der Waals surface area contributed by atoms with Crippen LogP contribution in [0.15, 0.2) is 30.0 Å². The van der Waals surface area contributed by atoms with E-state index in [4.69, 9.17) is 4.74 Å². The lowest BCUT2D eigenvalue weighted by molar-refractivity contribution is -0.127. The molecule has 1 heterocycles. The molecule has 0 radical (unpaired) electrons. The molecular weight excluding hydrogens is 294 g/mol. The third-order valence-electron chi connectivity index (χ3n) is 3.69. The Morgan fingerprint density at radius 2 is 1.87 bits per heavy atom. The summed E-state index contributed by atoms with van der Waals surface area (Å²) in [6.45, 7) is 7.85. The van der Waals surface area contributed by atoms with E-state index in [1.54, 1.807) is 6.08 Å². The molecule has 6 heteroatoms. The number of carbonyl (C=O) groups excluding carboxylic acids is 2. The fourth-order valence-electron chi connectivity index (χ4n) is 2.27. The van der Waals surface area contributed by atoms with Crippen LogP contribution in [0.4, 0.5) is 0 Å². The van der Waals surface area contributed by atoms with Crippen LogP contribution in [0.3, 0.4) is 0 Å². The van der Waals surface area contributed by atoms with Crippen molar-refractivity contribution in [1.29, 1.82) is 0 Å². The zero-order valence-corrected chi connectivity index (χ0v) is 13.6. The maximum absolute atomic E-state index is 11.6. The molecule has 2 amide bonds. The summed E-state index contributed by atoms with van der Waals surface area (Å²) in [5.41, 5.74) is 1.09. The highest BCUT2D eigenvalue weighted by Gasteiger charge is 2.18. The second-order valence-electron chi connectivity index (χ2n) is 5.23. The van der Waals surface area contributed by atoms with Gasteiger partial charge in [0.2, 0.25) is 5.91 Å². The second kappa shape index (κ2) is 8.33. The summed E-state index contributed by atoms with van der Waals surface area (Å²) < 4.78 is 5.71. The van der Waals surface area contributed by atoms with Crippen molar-refractivity contribution in [2.24, 2.45) is 0 Å². The highest BCUT2D eigenvalue weighted by atomic mass is 16.5. The third kappa shape index (κ3) is 5.10. The van der Waals surface area contributed by atoms with Crippen molar-refractivity contribution in [3.05, 3.63) is 35.5 Å². The molecule has 1 aromatic carbocycles. The van der Waals surface area contributed by atoms with Gasteiger partial charge in [0, 0.05) is 6.54 Å². The van der Waals surface area contributed by atoms with Gasteiger partial charge >= 0.3 is 0 Å². The van der Waals surface area contributed by atoms with Crippen LogP contribution in [0.1, 0.15) is 19.4 Å². The molecule has 1 fully saturated rings. The van der Waals surface area contributed by atoms with Gasteiger partial charge in [0.1, 0.15) is 18.1 Å². The first kappa shape index (κ1) is 17.0. The maximum atomic E-state index is 11.6. The van der Waals surface area contributed by atoms with Crippen molar-refractivity contribution < 1.29 is 14.3 Å². The molecule has 0 aromatic heterocycles. The zero-order valence-electron chi connectivity index (χ0n) is 13.6. The Labute approximate surface area is 136 Å². The van der Waals surface area contributed by atoms with Crippen LogP contribution in [0, 0.1) is 0 Å². The molecule has 0 aliphatic carbocycles. The minimum Gasteiger partial charge on any atom is -0.492 e. The predicted octanol–water partition coefficient (Wildman–Crippen LogP) is 0.994. The summed E-state index contributed by atoms with van der Waals surface area (Å²) in [5, 5.41) is 5.08. The normalized spacial score (nSPS) is 16.4. The van der Waals surface area contributed by atoms with Gasteiger partial charge in [-0.05, 0) is 36.9 Å². The average molecular weight is 317 g/mol. The van der Waals surface area contributed by atoms with Crippen LogP contribution >= 0.6 is 0 Å². The minimum absolute atomic E-state index is 0.0233. The fourth-order valence-corrected chi connectivity index (χ4v) is 2.27. The summed E-state index contributed by atoms with van der Waals surface area (Å²) in [5.74, 6) is 0.299. The number of carbonyl (C=O) groups is 2. The first-order chi connectivity index (χ1) is 11.1. The molecule has 0 unspecified atom stereocenters. The molecule has 1 aliphatic heterocycles. The number of benzene rings is 1. The van der Waals surface area contributed by atoms with Gasteiger partial charge in [0.15, 0.2) is 0 Å². The van der Waals surface area contributed by atoms with Crippen LogP contribution in [-0.2, 0) is 9.59 Å². The summed E-state index contributed by atoms with van der Waals surface area (Å²) in [6.07, 6.45) is 1.64. The number of amides is 2. The standard InChI is InChI=1S/C17H23N3O3/c1-3-20(4-2)9-10-23-14-7-5-13(6-8-14)11-15-17(22)18-12-16(21)19-15/h5-8,11H,3-4,9-10,12H2,1-2H3,(H,18,22)(H,19,21). The predicted molar refractivity (Wildman–Crippen MR) is 88.9 cm³/mol. The number of ether oxygens (including phenoxy) is 1. The van der Waals surface area contributed by atoms with Gasteiger partial charge in [-0.25, -0.2) is 0 Å². The van der Waals surface area contributed by atoms with Gasteiger partial charge in [-0.2, -0.15) is 0 Å². The van der Waals surface area contributed by atoms with E-state index in [0.717, 1.165) is 30.9 Å². The molecule has 6 nitrogen and oxygen atoms in total. The van der Waals surface area contributed by atoms with Crippen molar-refractivity contribution in [2.45, 2.75) is 13.8 Å². The number of nitrogens with zero attached hydrogens (tertiary/aromatic N) is 1. The van der Waals surface area contributed by atoms with Gasteiger partial charge in [0.25, 0.3) is 5.91 Å². The lowest BCUT2D eigenvalue weighted by Gasteiger charge is -2.18. The molecule has 2 N–H and O–H groups in total. The Bertz CT molecular complexity index is 577. The van der Waals surface area contributed by atoms with Crippen molar-refractivity contribution in [3.8, 4) is 5.75 Å². The number of rotatable bonds is 7. The Kier molecular flexibility index (Phi) is 6.17. The first-order valence-electron chi connectivity index (χ1n) is 7.87. The van der Waals surface area contributed by atoms with Crippen LogP contribution < -0.4 is 15.4 Å². The summed E-state index contributed by atoms with van der Waals surface area (Å²) in [6, 6.07) is 7.43. The quantitative estimate of drug-likeness (QED) is 0.736.